The third kappa shape index (κ3) is 4.34. The summed E-state index contributed by atoms with van der Waals surface area (Å²) in [7, 11) is 0. The highest BCUT2D eigenvalue weighted by molar-refractivity contribution is 7.22. The normalized spacial score (nSPS) is 15.8. The van der Waals surface area contributed by atoms with Crippen LogP contribution >= 0.6 is 11.3 Å². The van der Waals surface area contributed by atoms with Crippen molar-refractivity contribution in [2.45, 2.75) is 6.04 Å². The van der Waals surface area contributed by atoms with Crippen molar-refractivity contribution in [1.29, 1.82) is 0 Å². The Morgan fingerprint density at radius 2 is 1.86 bits per heavy atom. The van der Waals surface area contributed by atoms with Gasteiger partial charge in [-0.2, -0.15) is 0 Å². The number of thiophene rings is 1. The van der Waals surface area contributed by atoms with E-state index in [1.54, 1.807) is 23.6 Å². The highest BCUT2D eigenvalue weighted by Gasteiger charge is 2.23. The number of carbonyl (C=O) groups is 1. The molecule has 0 saturated carbocycles. The maximum absolute atomic E-state index is 13.5. The lowest BCUT2D eigenvalue weighted by atomic mass is 10.0. The highest BCUT2D eigenvalue weighted by Crippen LogP contribution is 2.34. The number of pyridine rings is 2. The Hall–Kier alpha value is -4.07. The van der Waals surface area contributed by atoms with E-state index in [-0.39, 0.29) is 21.9 Å². The lowest BCUT2D eigenvalue weighted by Gasteiger charge is -2.35. The summed E-state index contributed by atoms with van der Waals surface area (Å²) in [6, 6.07) is 28.4. The lowest BCUT2D eigenvalue weighted by Crippen LogP contribution is -2.46. The maximum atomic E-state index is 13.5. The van der Waals surface area contributed by atoms with Crippen molar-refractivity contribution >= 4 is 38.8 Å². The van der Waals surface area contributed by atoms with Gasteiger partial charge in [-0.15, -0.1) is 11.3 Å². The van der Waals surface area contributed by atoms with Crippen LogP contribution in [0.15, 0.2) is 91.1 Å². The first-order chi connectivity index (χ1) is 17.7. The second kappa shape index (κ2) is 9.53. The van der Waals surface area contributed by atoms with Crippen LogP contribution < -0.4 is 16.0 Å². The zero-order valence-electron chi connectivity index (χ0n) is 19.6. The molecule has 1 unspecified atom stereocenters. The molecule has 4 heterocycles. The van der Waals surface area contributed by atoms with Gasteiger partial charge in [-0.3, -0.25) is 4.79 Å². The molecule has 2 aromatic carbocycles. The molecule has 1 aliphatic rings. The summed E-state index contributed by atoms with van der Waals surface area (Å²) < 4.78 is 1.19. The molecule has 1 saturated heterocycles. The van der Waals surface area contributed by atoms with Gasteiger partial charge in [0.05, 0.1) is 5.56 Å². The van der Waals surface area contributed by atoms with Gasteiger partial charge in [-0.25, -0.2) is 9.97 Å². The molecule has 3 aromatic heterocycles. The van der Waals surface area contributed by atoms with Gasteiger partial charge in [-0.05, 0) is 41.3 Å². The number of anilines is 2. The van der Waals surface area contributed by atoms with Crippen LogP contribution in [0, 0.1) is 0 Å². The smallest absolute Gasteiger partial charge is 0.215 e. The van der Waals surface area contributed by atoms with Gasteiger partial charge in [0.2, 0.25) is 5.78 Å². The average Bonchev–Trinajstić information content (AvgIpc) is 3.38. The van der Waals surface area contributed by atoms with Crippen LogP contribution in [0.25, 0.3) is 20.5 Å². The van der Waals surface area contributed by atoms with E-state index in [9.17, 15) is 4.79 Å². The van der Waals surface area contributed by atoms with Gasteiger partial charge >= 0.3 is 0 Å². The van der Waals surface area contributed by atoms with E-state index in [4.69, 9.17) is 10.7 Å². The van der Waals surface area contributed by atoms with Crippen molar-refractivity contribution in [2.75, 3.05) is 30.3 Å². The molecule has 0 radical (unpaired) electrons. The van der Waals surface area contributed by atoms with E-state index in [1.807, 2.05) is 36.4 Å². The van der Waals surface area contributed by atoms with Crippen molar-refractivity contribution in [3.05, 3.63) is 108 Å². The fourth-order valence-electron chi connectivity index (χ4n) is 4.65. The van der Waals surface area contributed by atoms with Crippen LogP contribution in [0.4, 0.5) is 11.6 Å². The molecule has 1 fully saturated rings. The zero-order chi connectivity index (χ0) is 24.5. The van der Waals surface area contributed by atoms with Crippen LogP contribution in [0.1, 0.15) is 31.9 Å². The summed E-state index contributed by atoms with van der Waals surface area (Å²) in [5, 5.41) is 4.74. The number of ketones is 1. The van der Waals surface area contributed by atoms with Crippen molar-refractivity contribution < 1.29 is 9.07 Å². The Bertz CT molecular complexity index is 1530. The van der Waals surface area contributed by atoms with Gasteiger partial charge in [-0.1, -0.05) is 54.6 Å². The minimum atomic E-state index is -0.223. The zero-order valence-corrected chi connectivity index (χ0v) is 20.4. The fourth-order valence-corrected chi connectivity index (χ4v) is 5.69. The van der Waals surface area contributed by atoms with Crippen molar-refractivity contribution in [2.24, 2.45) is 0 Å². The molecule has 0 amide bonds. The van der Waals surface area contributed by atoms with Crippen molar-refractivity contribution in [1.82, 2.24) is 15.3 Å². The van der Waals surface area contributed by atoms with Gasteiger partial charge < -0.3 is 16.0 Å². The number of fused-ring (bicyclic) bond motifs is 1. The Balaban J connectivity index is 0.00000140. The van der Waals surface area contributed by atoms with Crippen LogP contribution in [0.2, 0.25) is 0 Å². The molecule has 36 heavy (non-hydrogen) atoms. The number of rotatable bonds is 5. The fraction of sp³-hybridized carbons (Fsp3) is 0.138. The minimum Gasteiger partial charge on any atom is -0.383 e. The third-order valence-corrected chi connectivity index (χ3v) is 7.71. The first-order valence-electron chi connectivity index (χ1n) is 12.0. The van der Waals surface area contributed by atoms with Crippen molar-refractivity contribution in [3.63, 3.8) is 0 Å². The van der Waals surface area contributed by atoms with Crippen LogP contribution in [0.3, 0.4) is 0 Å². The summed E-state index contributed by atoms with van der Waals surface area (Å²) in [4.78, 5) is 25.9. The van der Waals surface area contributed by atoms with Crippen molar-refractivity contribution in [3.8, 4) is 10.4 Å². The maximum Gasteiger partial charge on any atom is 0.215 e. The number of nitrogens with one attached hydrogen (secondary N) is 1. The number of nitrogens with two attached hydrogens (primary N) is 1. The Morgan fingerprint density at radius 1 is 1.03 bits per heavy atom. The number of carbonyl (C=O) groups excluding carboxylic acids is 1. The molecule has 6 nitrogen and oxygen atoms in total. The number of nitrogens with zero attached hydrogens (tertiary/aromatic N) is 3. The summed E-state index contributed by atoms with van der Waals surface area (Å²) in [5.41, 5.74) is 9.02. The molecule has 7 heteroatoms. The van der Waals surface area contributed by atoms with E-state index in [0.717, 1.165) is 35.9 Å². The SMILES string of the molecule is Nc1ncc(-c2cc3ccccc3s2)cc1C(=O)c1cccc(N2CCNC(c3ccccc3)C2)n1.[HH].[HH].[HH]. The summed E-state index contributed by atoms with van der Waals surface area (Å²) in [6.07, 6.45) is 1.73. The summed E-state index contributed by atoms with van der Waals surface area (Å²) in [6.45, 7) is 2.44. The number of benzene rings is 2. The Morgan fingerprint density at radius 3 is 2.72 bits per heavy atom. The molecule has 6 rings (SSSR count). The molecular weight excluding hydrogens is 466 g/mol. The molecule has 5 aromatic rings. The quantitative estimate of drug-likeness (QED) is 0.287. The Labute approximate surface area is 217 Å². The Kier molecular flexibility index (Phi) is 5.93. The average molecular weight is 498 g/mol. The first-order valence-corrected chi connectivity index (χ1v) is 12.8. The second-order valence-electron chi connectivity index (χ2n) is 8.88. The standard InChI is InChI=1S/C29H25N5OS.3H2/c30-29-22(15-21(17-32-29)26-16-20-9-4-5-11-25(20)36-26)28(35)23-10-6-12-27(33-23)34-14-13-31-24(18-34)19-7-2-1-3-8-19;;;/h1-12,15-17,24,31H,13-14,18H2,(H2,30,32);3*1H. The number of piperazine rings is 1. The van der Waals surface area contributed by atoms with Gasteiger partial charge in [0.15, 0.2) is 0 Å². The van der Waals surface area contributed by atoms with Gasteiger partial charge in [0.1, 0.15) is 17.3 Å². The molecule has 1 atom stereocenters. The van der Waals surface area contributed by atoms with Crippen LogP contribution in [-0.2, 0) is 0 Å². The summed E-state index contributed by atoms with van der Waals surface area (Å²) >= 11 is 1.67. The number of aromatic nitrogens is 2. The van der Waals surface area contributed by atoms with E-state index >= 15 is 0 Å². The van der Waals surface area contributed by atoms with Crippen LogP contribution in [0.5, 0.6) is 0 Å². The van der Waals surface area contributed by atoms with Gasteiger partial charge in [0, 0.05) is 51.3 Å². The van der Waals surface area contributed by atoms with E-state index in [2.05, 4.69) is 57.7 Å². The lowest BCUT2D eigenvalue weighted by molar-refractivity contribution is 0.103. The van der Waals surface area contributed by atoms with Gasteiger partial charge in [0.25, 0.3) is 0 Å². The predicted molar refractivity (Wildman–Crippen MR) is 153 cm³/mol. The number of hydrogen-bond acceptors (Lipinski definition) is 7. The first kappa shape index (κ1) is 22.4. The van der Waals surface area contributed by atoms with Crippen LogP contribution in [-0.4, -0.2) is 35.4 Å². The third-order valence-electron chi connectivity index (χ3n) is 6.54. The summed E-state index contributed by atoms with van der Waals surface area (Å²) in [5.74, 6) is 0.776. The molecule has 0 aliphatic carbocycles. The van der Waals surface area contributed by atoms with E-state index in [1.165, 1.54) is 15.6 Å². The molecule has 184 valence electrons. The highest BCUT2D eigenvalue weighted by atomic mass is 32.1. The molecule has 1 aliphatic heterocycles. The van der Waals surface area contributed by atoms with E-state index < -0.39 is 0 Å². The topological polar surface area (TPSA) is 84.1 Å². The minimum absolute atomic E-state index is 0. The molecule has 0 bridgehead atoms. The second-order valence-corrected chi connectivity index (χ2v) is 9.96. The molecule has 0 spiro atoms. The monoisotopic (exact) mass is 497 g/mol. The number of hydrogen-bond donors (Lipinski definition) is 2. The number of nitrogen functional groups attached to an aromatic ring is 1. The van der Waals surface area contributed by atoms with E-state index in [0.29, 0.717) is 11.3 Å². The molecule has 3 N–H and O–H groups in total. The predicted octanol–water partition coefficient (Wildman–Crippen LogP) is 6.06. The largest absolute Gasteiger partial charge is 0.383 e. The molecular formula is C29H31N5OS.